The van der Waals surface area contributed by atoms with Crippen LogP contribution < -0.4 is 10.1 Å². The highest BCUT2D eigenvalue weighted by molar-refractivity contribution is 5.95. The molecule has 1 aliphatic carbocycles. The largest absolute Gasteiger partial charge is 0.496 e. The third-order valence-electron chi connectivity index (χ3n) is 8.96. The summed E-state index contributed by atoms with van der Waals surface area (Å²) < 4.78 is 7.84. The first-order chi connectivity index (χ1) is 20.2. The Balaban J connectivity index is 1.17. The van der Waals surface area contributed by atoms with Crippen molar-refractivity contribution in [2.24, 2.45) is 0 Å². The van der Waals surface area contributed by atoms with Crippen LogP contribution in [-0.4, -0.2) is 34.2 Å². The number of rotatable bonds is 7. The number of benzene rings is 4. The molecule has 0 bridgehead atoms. The predicted octanol–water partition coefficient (Wildman–Crippen LogP) is 6.80. The van der Waals surface area contributed by atoms with Gasteiger partial charge in [0.15, 0.2) is 5.69 Å². The summed E-state index contributed by atoms with van der Waals surface area (Å²) in [6, 6.07) is 27.7. The Morgan fingerprint density at radius 3 is 2.49 bits per heavy atom. The van der Waals surface area contributed by atoms with Gasteiger partial charge in [0.1, 0.15) is 5.75 Å². The number of hydrogen-bond acceptors (Lipinski definition) is 4. The molecular weight excluding hydrogens is 508 g/mol. The zero-order valence-corrected chi connectivity index (χ0v) is 23.6. The van der Waals surface area contributed by atoms with Gasteiger partial charge in [-0.1, -0.05) is 85.6 Å². The molecule has 0 saturated heterocycles. The molecule has 4 aromatic carbocycles. The fourth-order valence-electron chi connectivity index (χ4n) is 6.87. The molecule has 5 aromatic rings. The van der Waals surface area contributed by atoms with Crippen LogP contribution in [0.5, 0.6) is 5.75 Å². The number of fused-ring (bicyclic) bond motifs is 3. The van der Waals surface area contributed by atoms with Crippen molar-refractivity contribution in [1.29, 1.82) is 0 Å². The summed E-state index contributed by atoms with van der Waals surface area (Å²) >= 11 is 0. The third-order valence-corrected chi connectivity index (χ3v) is 8.96. The zero-order valence-electron chi connectivity index (χ0n) is 23.6. The molecule has 41 heavy (non-hydrogen) atoms. The number of methoxy groups -OCH3 is 1. The van der Waals surface area contributed by atoms with Gasteiger partial charge in [-0.2, -0.15) is 5.10 Å². The van der Waals surface area contributed by atoms with Crippen molar-refractivity contribution in [2.75, 3.05) is 13.7 Å². The molecule has 1 fully saturated rings. The number of hydrogen-bond donors (Lipinski definition) is 1. The minimum Gasteiger partial charge on any atom is -0.496 e. The lowest BCUT2D eigenvalue weighted by atomic mass is 10.00. The maximum atomic E-state index is 13.7. The van der Waals surface area contributed by atoms with Gasteiger partial charge in [-0.15, -0.1) is 0 Å². The van der Waals surface area contributed by atoms with Crippen molar-refractivity contribution < 1.29 is 9.53 Å². The van der Waals surface area contributed by atoms with Crippen molar-refractivity contribution >= 4 is 27.5 Å². The van der Waals surface area contributed by atoms with Gasteiger partial charge in [-0.25, -0.2) is 0 Å². The molecule has 2 heterocycles. The first-order valence-electron chi connectivity index (χ1n) is 14.8. The SMILES string of the molecule is COc1ccc(CN2CCc3c(c(C(=O)NCc4cccc5ccccc45)nn3C3CCCC3)C2)c2ccccc12. The molecule has 1 aliphatic heterocycles. The number of nitrogens with zero attached hydrogens (tertiary/aromatic N) is 3. The van der Waals surface area contributed by atoms with E-state index >= 15 is 0 Å². The van der Waals surface area contributed by atoms with Crippen molar-refractivity contribution in [2.45, 2.75) is 57.8 Å². The summed E-state index contributed by atoms with van der Waals surface area (Å²) in [6.45, 7) is 2.96. The van der Waals surface area contributed by atoms with Crippen LogP contribution in [0.25, 0.3) is 21.5 Å². The van der Waals surface area contributed by atoms with E-state index in [9.17, 15) is 4.79 Å². The van der Waals surface area contributed by atoms with Crippen LogP contribution in [0.2, 0.25) is 0 Å². The Morgan fingerprint density at radius 1 is 0.902 bits per heavy atom. The van der Waals surface area contributed by atoms with Crippen molar-refractivity contribution in [3.8, 4) is 5.75 Å². The minimum atomic E-state index is -0.0809. The summed E-state index contributed by atoms with van der Waals surface area (Å²) in [4.78, 5) is 16.2. The van der Waals surface area contributed by atoms with E-state index < -0.39 is 0 Å². The quantitative estimate of drug-likeness (QED) is 0.245. The molecule has 0 unspecified atom stereocenters. The Labute approximate surface area is 240 Å². The summed E-state index contributed by atoms with van der Waals surface area (Å²) in [5.41, 5.74) is 5.33. The zero-order chi connectivity index (χ0) is 27.8. The summed E-state index contributed by atoms with van der Waals surface area (Å²) in [6.07, 6.45) is 5.67. The molecular formula is C35H36N4O2. The normalized spacial score (nSPS) is 15.8. The minimum absolute atomic E-state index is 0.0809. The lowest BCUT2D eigenvalue weighted by molar-refractivity contribution is 0.0942. The highest BCUT2D eigenvalue weighted by Crippen LogP contribution is 2.35. The molecule has 2 aliphatic rings. The van der Waals surface area contributed by atoms with E-state index in [1.807, 2.05) is 12.1 Å². The first-order valence-corrected chi connectivity index (χ1v) is 14.8. The van der Waals surface area contributed by atoms with E-state index in [1.165, 1.54) is 40.3 Å². The molecule has 1 aromatic heterocycles. The van der Waals surface area contributed by atoms with Crippen LogP contribution in [0.4, 0.5) is 0 Å². The number of nitrogens with one attached hydrogen (secondary N) is 1. The molecule has 0 spiro atoms. The van der Waals surface area contributed by atoms with Crippen LogP contribution in [0.1, 0.15) is 64.6 Å². The van der Waals surface area contributed by atoms with Crippen LogP contribution >= 0.6 is 0 Å². The van der Waals surface area contributed by atoms with E-state index in [0.717, 1.165) is 61.2 Å². The highest BCUT2D eigenvalue weighted by Gasteiger charge is 2.31. The van der Waals surface area contributed by atoms with Crippen LogP contribution in [0, 0.1) is 0 Å². The van der Waals surface area contributed by atoms with Crippen molar-refractivity contribution in [3.05, 3.63) is 107 Å². The fraction of sp³-hybridized carbons (Fsp3) is 0.314. The van der Waals surface area contributed by atoms with E-state index in [-0.39, 0.29) is 5.91 Å². The van der Waals surface area contributed by atoms with Crippen LogP contribution in [-0.2, 0) is 26.1 Å². The van der Waals surface area contributed by atoms with Gasteiger partial charge in [0.05, 0.1) is 13.2 Å². The Hall–Kier alpha value is -4.16. The fourth-order valence-corrected chi connectivity index (χ4v) is 6.87. The highest BCUT2D eigenvalue weighted by atomic mass is 16.5. The maximum Gasteiger partial charge on any atom is 0.272 e. The summed E-state index contributed by atoms with van der Waals surface area (Å²) in [5, 5.41) is 12.9. The molecule has 6 nitrogen and oxygen atoms in total. The van der Waals surface area contributed by atoms with Crippen LogP contribution in [0.3, 0.4) is 0 Å². The maximum absolute atomic E-state index is 13.7. The second-order valence-corrected chi connectivity index (χ2v) is 11.4. The number of carbonyl (C=O) groups excluding carboxylic acids is 1. The Morgan fingerprint density at radius 2 is 1.66 bits per heavy atom. The van der Waals surface area contributed by atoms with Crippen molar-refractivity contribution in [3.63, 3.8) is 0 Å². The van der Waals surface area contributed by atoms with Gasteiger partial charge in [0, 0.05) is 49.2 Å². The Bertz CT molecular complexity index is 1730. The second-order valence-electron chi connectivity index (χ2n) is 11.4. The first kappa shape index (κ1) is 25.8. The molecule has 208 valence electrons. The van der Waals surface area contributed by atoms with Gasteiger partial charge in [0.2, 0.25) is 0 Å². The van der Waals surface area contributed by atoms with Crippen LogP contribution in [0.15, 0.2) is 78.9 Å². The smallest absolute Gasteiger partial charge is 0.272 e. The molecule has 1 N–H and O–H groups in total. The van der Waals surface area contributed by atoms with Gasteiger partial charge in [-0.3, -0.25) is 14.4 Å². The van der Waals surface area contributed by atoms with E-state index in [0.29, 0.717) is 18.3 Å². The number of amides is 1. The lowest BCUT2D eigenvalue weighted by Crippen LogP contribution is -2.32. The summed E-state index contributed by atoms with van der Waals surface area (Å²) in [5.74, 6) is 0.816. The van der Waals surface area contributed by atoms with Gasteiger partial charge in [-0.05, 0) is 46.2 Å². The average molecular weight is 545 g/mol. The molecule has 1 amide bonds. The van der Waals surface area contributed by atoms with E-state index in [1.54, 1.807) is 7.11 Å². The predicted molar refractivity (Wildman–Crippen MR) is 163 cm³/mol. The molecule has 0 atom stereocenters. The molecule has 6 heteroatoms. The topological polar surface area (TPSA) is 59.4 Å². The second kappa shape index (κ2) is 11.0. The number of carbonyl (C=O) groups is 1. The van der Waals surface area contributed by atoms with Gasteiger partial charge >= 0.3 is 0 Å². The number of ether oxygens (including phenoxy) is 1. The third kappa shape index (κ3) is 4.87. The summed E-state index contributed by atoms with van der Waals surface area (Å²) in [7, 11) is 1.72. The molecule has 0 radical (unpaired) electrons. The lowest BCUT2D eigenvalue weighted by Gasteiger charge is -2.29. The van der Waals surface area contributed by atoms with E-state index in [4.69, 9.17) is 9.84 Å². The Kier molecular flexibility index (Phi) is 6.93. The van der Waals surface area contributed by atoms with Gasteiger partial charge < -0.3 is 10.1 Å². The van der Waals surface area contributed by atoms with Gasteiger partial charge in [0.25, 0.3) is 5.91 Å². The molecule has 7 rings (SSSR count). The monoisotopic (exact) mass is 544 g/mol. The number of aromatic nitrogens is 2. The van der Waals surface area contributed by atoms with Crippen molar-refractivity contribution in [1.82, 2.24) is 20.0 Å². The van der Waals surface area contributed by atoms with E-state index in [2.05, 4.69) is 81.6 Å². The molecule has 1 saturated carbocycles. The average Bonchev–Trinajstić information content (AvgIpc) is 3.68. The standard InChI is InChI=1S/C35H36N4O2/c1-41-33-18-17-26(29-15-6-7-16-30(29)33)22-38-20-19-32-31(23-38)34(37-39(32)27-12-3-4-13-27)35(40)36-21-25-11-8-10-24-9-2-5-14-28(24)25/h2,5-11,14-18,27H,3-4,12-13,19-23H2,1H3,(H,36,40).